The summed E-state index contributed by atoms with van der Waals surface area (Å²) in [6.45, 7) is 1.99. The number of aliphatic imine (C=N–C) groups is 1. The number of aliphatic carboxylic acids is 2. The van der Waals surface area contributed by atoms with E-state index in [-0.39, 0.29) is 18.9 Å². The van der Waals surface area contributed by atoms with E-state index >= 15 is 0 Å². The van der Waals surface area contributed by atoms with E-state index in [1.54, 1.807) is 0 Å². The van der Waals surface area contributed by atoms with Gasteiger partial charge >= 0.3 is 11.9 Å². The molecule has 1 aliphatic rings. The summed E-state index contributed by atoms with van der Waals surface area (Å²) >= 11 is 0. The van der Waals surface area contributed by atoms with Crippen molar-refractivity contribution in [1.29, 1.82) is 0 Å². The molecule has 1 heterocycles. The number of rotatable bonds is 12. The Balaban J connectivity index is 2.66. The lowest BCUT2D eigenvalue weighted by atomic mass is 10.1. The van der Waals surface area contributed by atoms with Crippen molar-refractivity contribution < 1.29 is 34.2 Å². The molecule has 0 radical (unpaired) electrons. The number of carboxylic acids is 2. The van der Waals surface area contributed by atoms with Crippen molar-refractivity contribution in [3.8, 4) is 0 Å². The number of guanidine groups is 1. The summed E-state index contributed by atoms with van der Waals surface area (Å²) in [6, 6.07) is -4.45. The Bertz CT molecular complexity index is 754. The molecule has 0 saturated carbocycles. The van der Waals surface area contributed by atoms with Crippen LogP contribution in [0.1, 0.15) is 39.0 Å². The number of amides is 3. The van der Waals surface area contributed by atoms with E-state index in [9.17, 15) is 24.0 Å². The van der Waals surface area contributed by atoms with Crippen LogP contribution in [-0.2, 0) is 24.0 Å². The van der Waals surface area contributed by atoms with E-state index in [1.165, 1.54) is 11.8 Å². The van der Waals surface area contributed by atoms with Gasteiger partial charge in [0.1, 0.15) is 18.1 Å². The van der Waals surface area contributed by atoms with Crippen molar-refractivity contribution in [2.24, 2.45) is 22.2 Å². The molecule has 14 nitrogen and oxygen atoms in total. The molecule has 0 aromatic rings. The highest BCUT2D eigenvalue weighted by Gasteiger charge is 2.38. The lowest BCUT2D eigenvalue weighted by Gasteiger charge is -2.28. The van der Waals surface area contributed by atoms with E-state index in [4.69, 9.17) is 27.4 Å². The van der Waals surface area contributed by atoms with Crippen LogP contribution in [-0.4, -0.2) is 88.0 Å². The second-order valence-corrected chi connectivity index (χ2v) is 7.47. The molecule has 1 rings (SSSR count). The molecule has 1 aliphatic heterocycles. The second-order valence-electron chi connectivity index (χ2n) is 7.47. The van der Waals surface area contributed by atoms with Crippen molar-refractivity contribution in [3.05, 3.63) is 0 Å². The summed E-state index contributed by atoms with van der Waals surface area (Å²) in [5.74, 6) is -4.80. The van der Waals surface area contributed by atoms with Crippen molar-refractivity contribution >= 4 is 35.6 Å². The Kier molecular flexibility index (Phi) is 10.3. The highest BCUT2D eigenvalue weighted by Crippen LogP contribution is 2.19. The highest BCUT2D eigenvalue weighted by atomic mass is 16.4. The fraction of sp³-hybridized carbons (Fsp3) is 0.667. The zero-order valence-electron chi connectivity index (χ0n) is 17.8. The molecule has 1 saturated heterocycles. The topological polar surface area (TPSA) is 244 Å². The lowest BCUT2D eigenvalue weighted by molar-refractivity contribution is -0.148. The third-order valence-electron chi connectivity index (χ3n) is 4.87. The Morgan fingerprint density at radius 3 is 2.38 bits per heavy atom. The molecule has 0 aliphatic carbocycles. The Hall–Kier alpha value is -3.42. The van der Waals surface area contributed by atoms with E-state index in [2.05, 4.69) is 15.6 Å². The molecule has 1 fully saturated rings. The van der Waals surface area contributed by atoms with E-state index in [0.29, 0.717) is 25.8 Å². The van der Waals surface area contributed by atoms with Crippen LogP contribution in [0.25, 0.3) is 0 Å². The Morgan fingerprint density at radius 2 is 1.81 bits per heavy atom. The first-order valence-electron chi connectivity index (χ1n) is 10.1. The average Bonchev–Trinajstić information content (AvgIpc) is 3.19. The van der Waals surface area contributed by atoms with Crippen molar-refractivity contribution in [3.63, 3.8) is 0 Å². The van der Waals surface area contributed by atoms with Gasteiger partial charge in [0.05, 0.1) is 12.5 Å². The molecule has 0 spiro atoms. The van der Waals surface area contributed by atoms with Crippen LogP contribution in [0.15, 0.2) is 4.99 Å². The number of nitrogens with zero attached hydrogens (tertiary/aromatic N) is 2. The predicted molar refractivity (Wildman–Crippen MR) is 112 cm³/mol. The maximum absolute atomic E-state index is 12.8. The molecule has 3 amide bonds. The maximum Gasteiger partial charge on any atom is 0.326 e. The summed E-state index contributed by atoms with van der Waals surface area (Å²) in [5.41, 5.74) is 16.2. The summed E-state index contributed by atoms with van der Waals surface area (Å²) in [5, 5.41) is 22.6. The monoisotopic (exact) mass is 457 g/mol. The largest absolute Gasteiger partial charge is 0.481 e. The van der Waals surface area contributed by atoms with Crippen LogP contribution >= 0.6 is 0 Å². The van der Waals surface area contributed by atoms with Gasteiger partial charge in [-0.15, -0.1) is 0 Å². The summed E-state index contributed by atoms with van der Waals surface area (Å²) in [4.78, 5) is 64.6. The number of carboxylic acid groups (broad SMARTS) is 2. The van der Waals surface area contributed by atoms with Crippen LogP contribution in [0.5, 0.6) is 0 Å². The first kappa shape index (κ1) is 26.6. The molecular weight excluding hydrogens is 426 g/mol. The molecule has 0 aromatic heterocycles. The molecular formula is C18H31N7O7. The molecule has 4 unspecified atom stereocenters. The van der Waals surface area contributed by atoms with Gasteiger partial charge in [-0.2, -0.15) is 0 Å². The van der Waals surface area contributed by atoms with Gasteiger partial charge in [0.2, 0.25) is 17.7 Å². The minimum absolute atomic E-state index is 0.0657. The van der Waals surface area contributed by atoms with Gasteiger partial charge in [0.25, 0.3) is 0 Å². The second kappa shape index (κ2) is 12.4. The zero-order valence-corrected chi connectivity index (χ0v) is 17.8. The van der Waals surface area contributed by atoms with Gasteiger partial charge in [-0.1, -0.05) is 0 Å². The third-order valence-corrected chi connectivity index (χ3v) is 4.87. The summed E-state index contributed by atoms with van der Waals surface area (Å²) in [7, 11) is 0. The number of carbonyl (C=O) groups excluding carboxylic acids is 3. The zero-order chi connectivity index (χ0) is 24.4. The minimum atomic E-state index is -1.62. The number of hydrogen-bond donors (Lipinski definition) is 7. The molecule has 0 aromatic carbocycles. The number of carbonyl (C=O) groups is 5. The van der Waals surface area contributed by atoms with E-state index < -0.39 is 60.2 Å². The van der Waals surface area contributed by atoms with Crippen LogP contribution in [0.3, 0.4) is 0 Å². The van der Waals surface area contributed by atoms with Crippen LogP contribution in [0.2, 0.25) is 0 Å². The number of likely N-dealkylation sites (tertiary alicyclic amines) is 1. The van der Waals surface area contributed by atoms with E-state index in [0.717, 1.165) is 0 Å². The Labute approximate surface area is 184 Å². The van der Waals surface area contributed by atoms with Gasteiger partial charge in [-0.3, -0.25) is 24.2 Å². The van der Waals surface area contributed by atoms with Gasteiger partial charge < -0.3 is 42.9 Å². The van der Waals surface area contributed by atoms with Gasteiger partial charge in [0.15, 0.2) is 5.96 Å². The molecule has 0 bridgehead atoms. The normalized spacial score (nSPS) is 18.2. The van der Waals surface area contributed by atoms with E-state index in [1.807, 2.05) is 0 Å². The first-order chi connectivity index (χ1) is 14.9. The number of nitrogens with one attached hydrogen (secondary N) is 2. The number of hydrogen-bond acceptors (Lipinski definition) is 7. The first-order valence-corrected chi connectivity index (χ1v) is 10.1. The van der Waals surface area contributed by atoms with Crippen LogP contribution in [0.4, 0.5) is 0 Å². The highest BCUT2D eigenvalue weighted by molar-refractivity contribution is 5.94. The van der Waals surface area contributed by atoms with Gasteiger partial charge in [-0.05, 0) is 32.6 Å². The number of nitrogens with two attached hydrogens (primary N) is 3. The summed E-state index contributed by atoms with van der Waals surface area (Å²) in [6.07, 6.45) is 0.728. The van der Waals surface area contributed by atoms with Crippen molar-refractivity contribution in [1.82, 2.24) is 15.5 Å². The summed E-state index contributed by atoms with van der Waals surface area (Å²) < 4.78 is 0. The van der Waals surface area contributed by atoms with Crippen LogP contribution < -0.4 is 27.8 Å². The fourth-order valence-corrected chi connectivity index (χ4v) is 3.23. The molecule has 10 N–H and O–H groups in total. The van der Waals surface area contributed by atoms with Crippen molar-refractivity contribution in [2.45, 2.75) is 63.2 Å². The third kappa shape index (κ3) is 8.37. The van der Waals surface area contributed by atoms with Crippen molar-refractivity contribution in [2.75, 3.05) is 13.1 Å². The Morgan fingerprint density at radius 1 is 1.16 bits per heavy atom. The maximum atomic E-state index is 12.8. The molecule has 32 heavy (non-hydrogen) atoms. The molecule has 14 heteroatoms. The van der Waals surface area contributed by atoms with Gasteiger partial charge in [0, 0.05) is 13.1 Å². The minimum Gasteiger partial charge on any atom is -0.481 e. The van der Waals surface area contributed by atoms with Gasteiger partial charge in [-0.25, -0.2) is 4.79 Å². The molecule has 4 atom stereocenters. The molecule has 180 valence electrons. The lowest BCUT2D eigenvalue weighted by Crippen LogP contribution is -2.56. The quantitative estimate of drug-likeness (QED) is 0.0884. The standard InChI is InChI=1S/C18H31N7O7/c1-9(23-14(28)10(19)4-2-6-22-18(20)21)16(30)25-7-3-5-12(25)15(29)24-11(17(31)32)8-13(26)27/h9-12H,2-8,19H2,1H3,(H,23,28)(H,24,29)(H,26,27)(H,31,32)(H4,20,21,22). The smallest absolute Gasteiger partial charge is 0.326 e. The predicted octanol–water partition coefficient (Wildman–Crippen LogP) is -3.09. The van der Waals surface area contributed by atoms with Crippen LogP contribution in [0, 0.1) is 0 Å². The SMILES string of the molecule is CC(NC(=O)C(N)CCCN=C(N)N)C(=O)N1CCCC1C(=O)NC(CC(=O)O)C(=O)O. The average molecular weight is 457 g/mol. The fourth-order valence-electron chi connectivity index (χ4n) is 3.23.